The van der Waals surface area contributed by atoms with Crippen molar-refractivity contribution in [2.45, 2.75) is 39.2 Å². The van der Waals surface area contributed by atoms with E-state index in [-0.39, 0.29) is 11.3 Å². The van der Waals surface area contributed by atoms with Gasteiger partial charge in [-0.15, -0.1) is 0 Å². The minimum atomic E-state index is -0.319. The first-order valence-corrected chi connectivity index (χ1v) is 10.1. The smallest absolute Gasteiger partial charge is 0.230 e. The molecule has 0 atom stereocenters. The van der Waals surface area contributed by atoms with Crippen molar-refractivity contribution in [3.05, 3.63) is 42.1 Å². The van der Waals surface area contributed by atoms with Crippen LogP contribution in [0.3, 0.4) is 0 Å². The van der Waals surface area contributed by atoms with Crippen LogP contribution in [0.2, 0.25) is 0 Å². The number of rotatable bonds is 6. The summed E-state index contributed by atoms with van der Waals surface area (Å²) < 4.78 is 0. The molecule has 2 N–H and O–H groups in total. The molecule has 0 spiro atoms. The van der Waals surface area contributed by atoms with Crippen LogP contribution in [0, 0.1) is 5.41 Å². The van der Waals surface area contributed by atoms with E-state index in [4.69, 9.17) is 4.99 Å². The zero-order chi connectivity index (χ0) is 20.0. The van der Waals surface area contributed by atoms with Crippen LogP contribution in [0.1, 0.15) is 38.2 Å². The van der Waals surface area contributed by atoms with E-state index < -0.39 is 0 Å². The third kappa shape index (κ3) is 4.43. The summed E-state index contributed by atoms with van der Waals surface area (Å²) >= 11 is 0. The van der Waals surface area contributed by atoms with Crippen molar-refractivity contribution in [1.29, 1.82) is 0 Å². The van der Waals surface area contributed by atoms with Crippen LogP contribution < -0.4 is 10.6 Å². The van der Waals surface area contributed by atoms with Crippen LogP contribution in [0.4, 0.5) is 0 Å². The van der Waals surface area contributed by atoms with Gasteiger partial charge in [-0.3, -0.25) is 9.78 Å². The molecule has 0 unspecified atom stereocenters. The molecular weight excluding hydrogens is 350 g/mol. The van der Waals surface area contributed by atoms with Gasteiger partial charge in [0.05, 0.1) is 17.5 Å². The fraction of sp³-hybridized carbons (Fsp3) is 0.500. The lowest BCUT2D eigenvalue weighted by atomic mass is 9.84. The number of para-hydroxylation sites is 1. The van der Waals surface area contributed by atoms with Crippen molar-refractivity contribution >= 4 is 22.8 Å². The van der Waals surface area contributed by atoms with Gasteiger partial charge in [0.25, 0.3) is 0 Å². The Labute approximate surface area is 167 Å². The Hall–Kier alpha value is -2.63. The first-order valence-electron chi connectivity index (χ1n) is 10.1. The molecule has 1 heterocycles. The first-order chi connectivity index (χ1) is 13.6. The number of hydrogen-bond donors (Lipinski definition) is 2. The van der Waals surface area contributed by atoms with E-state index in [1.165, 1.54) is 0 Å². The summed E-state index contributed by atoms with van der Waals surface area (Å²) in [6, 6.07) is 10.2. The van der Waals surface area contributed by atoms with E-state index in [9.17, 15) is 4.79 Å². The van der Waals surface area contributed by atoms with Crippen LogP contribution in [0.25, 0.3) is 10.9 Å². The molecule has 1 saturated carbocycles. The van der Waals surface area contributed by atoms with Crippen molar-refractivity contribution in [1.82, 2.24) is 20.5 Å². The van der Waals surface area contributed by atoms with Crippen molar-refractivity contribution in [2.75, 3.05) is 27.2 Å². The van der Waals surface area contributed by atoms with Crippen LogP contribution >= 0.6 is 0 Å². The highest BCUT2D eigenvalue weighted by atomic mass is 16.2. The van der Waals surface area contributed by atoms with Crippen LogP contribution in [-0.4, -0.2) is 48.9 Å². The van der Waals surface area contributed by atoms with Gasteiger partial charge in [-0.25, -0.2) is 4.99 Å². The van der Waals surface area contributed by atoms with Crippen LogP contribution in [-0.2, 0) is 11.3 Å². The SMILES string of the molecule is CCNC(=NCc1cccc2cccnc12)NCC1(C(=O)N(C)C)CCCC1. The maximum Gasteiger partial charge on any atom is 0.230 e. The Morgan fingerprint density at radius 3 is 2.64 bits per heavy atom. The lowest BCUT2D eigenvalue weighted by Crippen LogP contribution is -2.49. The number of guanidine groups is 1. The number of nitrogens with one attached hydrogen (secondary N) is 2. The minimum Gasteiger partial charge on any atom is -0.357 e. The molecule has 2 aromatic rings. The number of aliphatic imine (C=N–C) groups is 1. The van der Waals surface area contributed by atoms with Crippen molar-refractivity contribution < 1.29 is 4.79 Å². The van der Waals surface area contributed by atoms with Crippen molar-refractivity contribution in [3.8, 4) is 0 Å². The number of benzene rings is 1. The normalized spacial score (nSPS) is 16.2. The van der Waals surface area contributed by atoms with E-state index in [0.717, 1.165) is 54.7 Å². The molecule has 1 fully saturated rings. The minimum absolute atomic E-state index is 0.214. The lowest BCUT2D eigenvalue weighted by molar-refractivity contribution is -0.138. The molecule has 1 aromatic carbocycles. The summed E-state index contributed by atoms with van der Waals surface area (Å²) in [7, 11) is 3.68. The third-order valence-electron chi connectivity index (χ3n) is 5.48. The van der Waals surface area contributed by atoms with Crippen LogP contribution in [0.5, 0.6) is 0 Å². The molecule has 1 aliphatic carbocycles. The largest absolute Gasteiger partial charge is 0.357 e. The number of carbonyl (C=O) groups excluding carboxylic acids is 1. The van der Waals surface area contributed by atoms with Crippen LogP contribution in [0.15, 0.2) is 41.5 Å². The van der Waals surface area contributed by atoms with Gasteiger partial charge < -0.3 is 15.5 Å². The summed E-state index contributed by atoms with van der Waals surface area (Å²) in [5.74, 6) is 0.958. The third-order valence-corrected chi connectivity index (χ3v) is 5.48. The molecule has 1 amide bonds. The second-order valence-electron chi connectivity index (χ2n) is 7.73. The summed E-state index contributed by atoms with van der Waals surface area (Å²) in [5.41, 5.74) is 1.76. The molecular formula is C22H31N5O. The molecule has 0 radical (unpaired) electrons. The molecule has 6 heteroatoms. The molecule has 0 aliphatic heterocycles. The second kappa shape index (κ2) is 9.04. The highest BCUT2D eigenvalue weighted by Gasteiger charge is 2.42. The van der Waals surface area contributed by atoms with Gasteiger partial charge in [0, 0.05) is 38.8 Å². The van der Waals surface area contributed by atoms with Gasteiger partial charge in [0.2, 0.25) is 5.91 Å². The van der Waals surface area contributed by atoms with Gasteiger partial charge in [-0.1, -0.05) is 37.1 Å². The van der Waals surface area contributed by atoms with Gasteiger partial charge in [0.1, 0.15) is 0 Å². The Bertz CT molecular complexity index is 834. The summed E-state index contributed by atoms with van der Waals surface area (Å²) in [6.07, 6.45) is 5.90. The standard InChI is InChI=1S/C22H31N5O/c1-4-23-21(26-16-22(12-5-6-13-22)20(28)27(2)3)25-15-18-10-7-9-17-11-8-14-24-19(17)18/h7-11,14H,4-6,12-13,15-16H2,1-3H3,(H2,23,25,26). The van der Waals surface area contributed by atoms with E-state index in [2.05, 4.69) is 33.8 Å². The van der Waals surface area contributed by atoms with Crippen molar-refractivity contribution in [2.24, 2.45) is 10.4 Å². The number of aromatic nitrogens is 1. The van der Waals surface area contributed by atoms with Gasteiger partial charge in [-0.05, 0) is 31.4 Å². The molecule has 3 rings (SSSR count). The molecule has 1 aromatic heterocycles. The molecule has 0 bridgehead atoms. The molecule has 6 nitrogen and oxygen atoms in total. The molecule has 1 aliphatic rings. The van der Waals surface area contributed by atoms with Gasteiger partial charge in [-0.2, -0.15) is 0 Å². The average molecular weight is 382 g/mol. The van der Waals surface area contributed by atoms with E-state index >= 15 is 0 Å². The Balaban J connectivity index is 1.74. The predicted octanol–water partition coefficient (Wildman–Crippen LogP) is 2.94. The first kappa shape index (κ1) is 20.1. The highest BCUT2D eigenvalue weighted by molar-refractivity contribution is 5.85. The highest BCUT2D eigenvalue weighted by Crippen LogP contribution is 2.38. The Morgan fingerprint density at radius 2 is 1.93 bits per heavy atom. The number of fused-ring (bicyclic) bond motifs is 1. The number of amides is 1. The predicted molar refractivity (Wildman–Crippen MR) is 114 cm³/mol. The maximum atomic E-state index is 12.8. The fourth-order valence-electron chi connectivity index (χ4n) is 4.05. The average Bonchev–Trinajstić information content (AvgIpc) is 3.19. The van der Waals surface area contributed by atoms with E-state index in [1.54, 1.807) is 4.90 Å². The van der Waals surface area contributed by atoms with Gasteiger partial charge >= 0.3 is 0 Å². The second-order valence-corrected chi connectivity index (χ2v) is 7.73. The quantitative estimate of drug-likeness (QED) is 0.596. The Kier molecular flexibility index (Phi) is 6.49. The Morgan fingerprint density at radius 1 is 1.18 bits per heavy atom. The van der Waals surface area contributed by atoms with Crippen molar-refractivity contribution in [3.63, 3.8) is 0 Å². The number of pyridine rings is 1. The van der Waals surface area contributed by atoms with Gasteiger partial charge in [0.15, 0.2) is 5.96 Å². The topological polar surface area (TPSA) is 69.6 Å². The fourth-order valence-corrected chi connectivity index (χ4v) is 4.05. The van der Waals surface area contributed by atoms with E-state index in [0.29, 0.717) is 13.1 Å². The zero-order valence-corrected chi connectivity index (χ0v) is 17.2. The summed E-state index contributed by atoms with van der Waals surface area (Å²) in [4.78, 5) is 23.8. The summed E-state index contributed by atoms with van der Waals surface area (Å²) in [6.45, 7) is 3.98. The molecule has 150 valence electrons. The molecule has 28 heavy (non-hydrogen) atoms. The monoisotopic (exact) mass is 381 g/mol. The zero-order valence-electron chi connectivity index (χ0n) is 17.2. The summed E-state index contributed by atoms with van der Waals surface area (Å²) in [5, 5.41) is 7.85. The number of carbonyl (C=O) groups is 1. The van der Waals surface area contributed by atoms with E-state index in [1.807, 2.05) is 39.3 Å². The number of nitrogens with zero attached hydrogens (tertiary/aromatic N) is 3. The molecule has 0 saturated heterocycles. The lowest BCUT2D eigenvalue weighted by Gasteiger charge is -2.31. The maximum absolute atomic E-state index is 12.8. The number of hydrogen-bond acceptors (Lipinski definition) is 3.